The minimum Gasteiger partial charge on any atom is -0.506 e. The van der Waals surface area contributed by atoms with Crippen LogP contribution in [-0.2, 0) is 7.05 Å². The predicted octanol–water partition coefficient (Wildman–Crippen LogP) is 2.95. The predicted molar refractivity (Wildman–Crippen MR) is 109 cm³/mol. The van der Waals surface area contributed by atoms with Crippen LogP contribution in [0.3, 0.4) is 0 Å². The SMILES string of the molecule is C/C(=N\NC(=S)Nc1ccccc1)c1c(O)c2ccccc2n(C)c1=O. The van der Waals surface area contributed by atoms with Gasteiger partial charge in [0.25, 0.3) is 5.56 Å². The number of pyridine rings is 1. The zero-order chi connectivity index (χ0) is 18.7. The molecular formula is C19H18N4O2S. The minimum atomic E-state index is -0.328. The number of thiocarbonyl (C=S) groups is 1. The number of benzene rings is 2. The molecule has 0 amide bonds. The van der Waals surface area contributed by atoms with E-state index in [1.807, 2.05) is 36.4 Å². The molecule has 0 spiro atoms. The van der Waals surface area contributed by atoms with E-state index < -0.39 is 0 Å². The smallest absolute Gasteiger partial charge is 0.263 e. The van der Waals surface area contributed by atoms with E-state index in [4.69, 9.17) is 12.2 Å². The summed E-state index contributed by atoms with van der Waals surface area (Å²) >= 11 is 5.20. The fourth-order valence-corrected chi connectivity index (χ4v) is 2.84. The molecule has 0 aliphatic carbocycles. The van der Waals surface area contributed by atoms with Crippen LogP contribution < -0.4 is 16.3 Å². The van der Waals surface area contributed by atoms with Crippen molar-refractivity contribution in [3.8, 4) is 5.75 Å². The zero-order valence-corrected chi connectivity index (χ0v) is 15.2. The van der Waals surface area contributed by atoms with Crippen LogP contribution in [0.25, 0.3) is 10.9 Å². The number of aryl methyl sites for hydroxylation is 1. The first-order chi connectivity index (χ1) is 12.5. The van der Waals surface area contributed by atoms with Crippen molar-refractivity contribution in [2.24, 2.45) is 12.1 Å². The summed E-state index contributed by atoms with van der Waals surface area (Å²) in [5, 5.41) is 18.6. The molecule has 7 heteroatoms. The number of rotatable bonds is 3. The lowest BCUT2D eigenvalue weighted by molar-refractivity contribution is 0.478. The molecule has 0 atom stereocenters. The van der Waals surface area contributed by atoms with E-state index in [9.17, 15) is 9.90 Å². The maximum absolute atomic E-state index is 12.6. The van der Waals surface area contributed by atoms with Gasteiger partial charge in [-0.05, 0) is 43.4 Å². The summed E-state index contributed by atoms with van der Waals surface area (Å²) in [6, 6.07) is 16.6. The molecule has 0 unspecified atom stereocenters. The molecule has 26 heavy (non-hydrogen) atoms. The summed E-state index contributed by atoms with van der Waals surface area (Å²) in [5.74, 6) is -0.0892. The van der Waals surface area contributed by atoms with Crippen molar-refractivity contribution in [3.05, 3.63) is 70.5 Å². The van der Waals surface area contributed by atoms with Crippen molar-refractivity contribution in [3.63, 3.8) is 0 Å². The van der Waals surface area contributed by atoms with Gasteiger partial charge in [0.05, 0.1) is 11.2 Å². The molecule has 3 N–H and O–H groups in total. The Balaban J connectivity index is 1.90. The molecule has 0 saturated carbocycles. The van der Waals surface area contributed by atoms with Crippen LogP contribution in [-0.4, -0.2) is 20.5 Å². The molecule has 6 nitrogen and oxygen atoms in total. The fourth-order valence-electron chi connectivity index (χ4n) is 2.68. The van der Waals surface area contributed by atoms with E-state index >= 15 is 0 Å². The topological polar surface area (TPSA) is 78.7 Å². The van der Waals surface area contributed by atoms with Crippen LogP contribution in [0.4, 0.5) is 5.69 Å². The Labute approximate surface area is 155 Å². The molecule has 2 aromatic carbocycles. The molecule has 1 aromatic heterocycles. The molecule has 0 aliphatic heterocycles. The van der Waals surface area contributed by atoms with E-state index in [0.717, 1.165) is 5.69 Å². The molecule has 3 rings (SSSR count). The lowest BCUT2D eigenvalue weighted by atomic mass is 10.1. The Morgan fingerprint density at radius 2 is 1.77 bits per heavy atom. The van der Waals surface area contributed by atoms with Crippen molar-refractivity contribution >= 4 is 39.6 Å². The molecule has 0 fully saturated rings. The number of aromatic nitrogens is 1. The number of hydrazone groups is 1. The van der Waals surface area contributed by atoms with Crippen molar-refractivity contribution in [1.82, 2.24) is 9.99 Å². The van der Waals surface area contributed by atoms with Gasteiger partial charge in [0.15, 0.2) is 5.11 Å². The number of fused-ring (bicyclic) bond motifs is 1. The van der Waals surface area contributed by atoms with Gasteiger partial charge in [-0.25, -0.2) is 0 Å². The number of nitrogens with zero attached hydrogens (tertiary/aromatic N) is 2. The van der Waals surface area contributed by atoms with Crippen molar-refractivity contribution in [2.45, 2.75) is 6.92 Å². The molecule has 0 aliphatic rings. The molecule has 0 saturated heterocycles. The average Bonchev–Trinajstić information content (AvgIpc) is 2.65. The number of nitrogens with one attached hydrogen (secondary N) is 2. The zero-order valence-electron chi connectivity index (χ0n) is 14.4. The number of anilines is 1. The highest BCUT2D eigenvalue weighted by Crippen LogP contribution is 2.25. The van der Waals surface area contributed by atoms with E-state index in [1.54, 1.807) is 32.2 Å². The highest BCUT2D eigenvalue weighted by molar-refractivity contribution is 7.80. The second kappa shape index (κ2) is 7.37. The summed E-state index contributed by atoms with van der Waals surface area (Å²) in [6.45, 7) is 1.64. The van der Waals surface area contributed by atoms with Gasteiger partial charge in [0.2, 0.25) is 0 Å². The molecule has 3 aromatic rings. The average molecular weight is 366 g/mol. The molecule has 132 valence electrons. The van der Waals surface area contributed by atoms with Crippen LogP contribution >= 0.6 is 12.2 Å². The Hall–Kier alpha value is -3.19. The van der Waals surface area contributed by atoms with E-state index in [1.165, 1.54) is 4.57 Å². The Bertz CT molecular complexity index is 1060. The monoisotopic (exact) mass is 366 g/mol. The van der Waals surface area contributed by atoms with Gasteiger partial charge in [0.1, 0.15) is 11.3 Å². The van der Waals surface area contributed by atoms with Crippen molar-refractivity contribution in [1.29, 1.82) is 0 Å². The quantitative estimate of drug-likeness (QED) is 0.377. The van der Waals surface area contributed by atoms with E-state index in [0.29, 0.717) is 16.6 Å². The molecule has 1 heterocycles. The molecular weight excluding hydrogens is 348 g/mol. The standard InChI is InChI=1S/C19H18N4O2S/c1-12(21-22-19(26)20-13-8-4-3-5-9-13)16-17(24)14-10-6-7-11-15(14)23(2)18(16)25/h3-11,24H,1-2H3,(H2,20,22,26)/b21-12+. The van der Waals surface area contributed by atoms with Gasteiger partial charge in [-0.1, -0.05) is 30.3 Å². The van der Waals surface area contributed by atoms with Gasteiger partial charge < -0.3 is 15.0 Å². The summed E-state index contributed by atoms with van der Waals surface area (Å²) in [7, 11) is 1.66. The Morgan fingerprint density at radius 3 is 2.50 bits per heavy atom. The first-order valence-electron chi connectivity index (χ1n) is 7.96. The summed E-state index contributed by atoms with van der Waals surface area (Å²) in [4.78, 5) is 12.6. The maximum Gasteiger partial charge on any atom is 0.263 e. The van der Waals surface area contributed by atoms with Crippen molar-refractivity contribution in [2.75, 3.05) is 5.32 Å². The van der Waals surface area contributed by atoms with Crippen LogP contribution in [0.2, 0.25) is 0 Å². The van der Waals surface area contributed by atoms with Crippen LogP contribution in [0.15, 0.2) is 64.5 Å². The van der Waals surface area contributed by atoms with Crippen LogP contribution in [0.5, 0.6) is 5.75 Å². The fraction of sp³-hybridized carbons (Fsp3) is 0.105. The molecule has 0 radical (unpaired) electrons. The highest BCUT2D eigenvalue weighted by Gasteiger charge is 2.16. The van der Waals surface area contributed by atoms with Gasteiger partial charge in [-0.3, -0.25) is 10.2 Å². The summed E-state index contributed by atoms with van der Waals surface area (Å²) in [5.41, 5.74) is 4.33. The summed E-state index contributed by atoms with van der Waals surface area (Å²) in [6.07, 6.45) is 0. The second-order valence-corrected chi connectivity index (χ2v) is 6.14. The highest BCUT2D eigenvalue weighted by atomic mass is 32.1. The number of hydrogen-bond donors (Lipinski definition) is 3. The number of para-hydroxylation sites is 2. The maximum atomic E-state index is 12.6. The van der Waals surface area contributed by atoms with Gasteiger partial charge >= 0.3 is 0 Å². The van der Waals surface area contributed by atoms with Gasteiger partial charge in [-0.15, -0.1) is 0 Å². The lowest BCUT2D eigenvalue weighted by Gasteiger charge is -2.12. The van der Waals surface area contributed by atoms with E-state index in [-0.39, 0.29) is 22.0 Å². The first kappa shape index (κ1) is 17.6. The number of aromatic hydroxyl groups is 1. The van der Waals surface area contributed by atoms with Gasteiger partial charge in [0, 0.05) is 18.1 Å². The summed E-state index contributed by atoms with van der Waals surface area (Å²) < 4.78 is 1.49. The van der Waals surface area contributed by atoms with Crippen molar-refractivity contribution < 1.29 is 5.11 Å². The Kier molecular flexibility index (Phi) is 4.99. The van der Waals surface area contributed by atoms with E-state index in [2.05, 4.69) is 15.8 Å². The van der Waals surface area contributed by atoms with Gasteiger partial charge in [-0.2, -0.15) is 5.10 Å². The third kappa shape index (κ3) is 3.43. The third-order valence-electron chi connectivity index (χ3n) is 3.99. The Morgan fingerprint density at radius 1 is 1.12 bits per heavy atom. The minimum absolute atomic E-state index is 0.0892. The molecule has 0 bridgehead atoms. The second-order valence-electron chi connectivity index (χ2n) is 5.73. The lowest BCUT2D eigenvalue weighted by Crippen LogP contribution is -2.28. The third-order valence-corrected chi connectivity index (χ3v) is 4.19. The normalized spacial score (nSPS) is 11.4. The van der Waals surface area contributed by atoms with Crippen LogP contribution in [0.1, 0.15) is 12.5 Å². The number of hydrogen-bond acceptors (Lipinski definition) is 4. The van der Waals surface area contributed by atoms with Crippen LogP contribution in [0, 0.1) is 0 Å². The largest absolute Gasteiger partial charge is 0.506 e. The first-order valence-corrected chi connectivity index (χ1v) is 8.37.